The largest absolute Gasteiger partial charge is 0.472 e. The summed E-state index contributed by atoms with van der Waals surface area (Å²) in [5.74, 6) is -0.770. The number of quaternary nitrogens is 1. The van der Waals surface area contributed by atoms with E-state index in [9.17, 15) is 19.0 Å². The molecule has 0 aromatic heterocycles. The zero-order chi connectivity index (χ0) is 57.0. The maximum atomic E-state index is 12.9. The summed E-state index contributed by atoms with van der Waals surface area (Å²) in [5.41, 5.74) is 0. The second-order valence-corrected chi connectivity index (χ2v) is 26.7. The molecule has 0 aliphatic heterocycles. The van der Waals surface area contributed by atoms with Crippen molar-refractivity contribution in [3.63, 3.8) is 0 Å². The lowest BCUT2D eigenvalue weighted by molar-refractivity contribution is -0.870. The molecule has 2 unspecified atom stereocenters. The van der Waals surface area contributed by atoms with E-state index in [4.69, 9.17) is 18.5 Å². The Kier molecular flexibility index (Phi) is 59.8. The van der Waals surface area contributed by atoms with Crippen LogP contribution in [0.25, 0.3) is 0 Å². The van der Waals surface area contributed by atoms with Crippen LogP contribution in [-0.2, 0) is 32.7 Å². The van der Waals surface area contributed by atoms with Crippen LogP contribution in [-0.4, -0.2) is 74.9 Å². The molecule has 0 radical (unpaired) electrons. The van der Waals surface area contributed by atoms with Crippen LogP contribution in [0.3, 0.4) is 0 Å². The molecule has 0 saturated carbocycles. The van der Waals surface area contributed by atoms with E-state index >= 15 is 0 Å². The van der Waals surface area contributed by atoms with Gasteiger partial charge in [0.2, 0.25) is 0 Å². The van der Waals surface area contributed by atoms with Gasteiger partial charge in [-0.2, -0.15) is 0 Å². The van der Waals surface area contributed by atoms with Gasteiger partial charge in [-0.15, -0.1) is 0 Å². The molecule has 0 bridgehead atoms. The molecule has 0 saturated heterocycles. The summed E-state index contributed by atoms with van der Waals surface area (Å²) in [6.45, 7) is 4.52. The number of hydrogen-bond acceptors (Lipinski definition) is 7. The van der Waals surface area contributed by atoms with Gasteiger partial charge in [-0.05, 0) is 12.8 Å². The predicted molar refractivity (Wildman–Crippen MR) is 335 cm³/mol. The minimum absolute atomic E-state index is 0.0375. The lowest BCUT2D eigenvalue weighted by atomic mass is 10.0. The Labute approximate surface area is 486 Å². The van der Waals surface area contributed by atoms with E-state index in [2.05, 4.69) is 13.8 Å². The second kappa shape index (κ2) is 60.6. The van der Waals surface area contributed by atoms with Gasteiger partial charge in [-0.25, -0.2) is 4.57 Å². The van der Waals surface area contributed by atoms with Crippen molar-refractivity contribution < 1.29 is 42.1 Å². The number of likely N-dealkylation sites (N-methyl/N-ethyl adjacent to an activating group) is 1. The molecule has 1 N–H and O–H groups in total. The van der Waals surface area contributed by atoms with Crippen molar-refractivity contribution >= 4 is 19.8 Å². The molecule has 466 valence electrons. The number of ether oxygens (including phenoxy) is 2. The van der Waals surface area contributed by atoms with Crippen LogP contribution in [0.15, 0.2) is 0 Å². The molecule has 0 aliphatic rings. The fourth-order valence-corrected chi connectivity index (χ4v) is 11.5. The van der Waals surface area contributed by atoms with Gasteiger partial charge in [0.25, 0.3) is 0 Å². The van der Waals surface area contributed by atoms with Crippen LogP contribution in [0.5, 0.6) is 0 Å². The minimum atomic E-state index is -4.38. The average molecular weight is 1130 g/mol. The van der Waals surface area contributed by atoms with Crippen molar-refractivity contribution in [3.8, 4) is 0 Å². The highest BCUT2D eigenvalue weighted by molar-refractivity contribution is 7.47. The molecule has 0 fully saturated rings. The highest BCUT2D eigenvalue weighted by Gasteiger charge is 2.27. The Morgan fingerprint density at radius 3 is 0.821 bits per heavy atom. The summed E-state index contributed by atoms with van der Waals surface area (Å²) in [7, 11) is 1.51. The summed E-state index contributed by atoms with van der Waals surface area (Å²) >= 11 is 0. The molecule has 0 aromatic rings. The van der Waals surface area contributed by atoms with Gasteiger partial charge >= 0.3 is 19.8 Å². The SMILES string of the molecule is CCCCCCCCCCCCCCCCCCCCCCCCCCCCCCCCCCCCCCCC(=O)OC(COC(=O)CCCCCCCCCCCCCCCCCCC)COP(=O)(O)OCC[N+](C)(C)C. The molecule has 0 heterocycles. The molecule has 0 rings (SSSR count). The van der Waals surface area contributed by atoms with Gasteiger partial charge < -0.3 is 18.9 Å². The van der Waals surface area contributed by atoms with Crippen LogP contribution >= 0.6 is 7.82 Å². The Morgan fingerprint density at radius 1 is 0.346 bits per heavy atom. The van der Waals surface area contributed by atoms with E-state index in [1.165, 1.54) is 308 Å². The van der Waals surface area contributed by atoms with Gasteiger partial charge in [0.05, 0.1) is 27.7 Å². The van der Waals surface area contributed by atoms with Crippen molar-refractivity contribution in [2.45, 2.75) is 380 Å². The van der Waals surface area contributed by atoms with E-state index in [-0.39, 0.29) is 25.6 Å². The smallest absolute Gasteiger partial charge is 0.462 e. The quantitative estimate of drug-likeness (QED) is 0.0278. The number of unbranched alkanes of at least 4 members (excludes halogenated alkanes) is 52. The summed E-state index contributed by atoms with van der Waals surface area (Å²) in [4.78, 5) is 35.8. The number of carbonyl (C=O) groups is 2. The topological polar surface area (TPSA) is 108 Å². The molecule has 0 aliphatic carbocycles. The van der Waals surface area contributed by atoms with Crippen LogP contribution in [0.4, 0.5) is 0 Å². The average Bonchev–Trinajstić information content (AvgIpc) is 3.41. The van der Waals surface area contributed by atoms with Gasteiger partial charge in [0.1, 0.15) is 19.8 Å². The van der Waals surface area contributed by atoms with Gasteiger partial charge in [0.15, 0.2) is 6.10 Å². The molecular weight excluding hydrogens is 990 g/mol. The standard InChI is InChI=1S/C68H136NO8P/c1-6-8-10-12-14-16-18-20-22-24-25-26-27-28-29-30-31-32-33-34-35-36-37-38-39-40-41-42-43-45-47-49-51-53-55-57-59-61-68(71)77-66(65-76-78(72,73)75-63-62-69(3,4)5)64-74-67(70)60-58-56-54-52-50-48-46-44-23-21-19-17-15-13-11-9-7-2/h66H,6-65H2,1-5H3/p+1. The van der Waals surface area contributed by atoms with Crippen LogP contribution in [0, 0.1) is 0 Å². The van der Waals surface area contributed by atoms with Crippen LogP contribution in [0.1, 0.15) is 373 Å². The highest BCUT2D eigenvalue weighted by atomic mass is 31.2. The summed E-state index contributed by atoms with van der Waals surface area (Å²) in [6.07, 6.45) is 72.3. The minimum Gasteiger partial charge on any atom is -0.462 e. The van der Waals surface area contributed by atoms with Gasteiger partial charge in [-0.1, -0.05) is 348 Å². The highest BCUT2D eigenvalue weighted by Crippen LogP contribution is 2.43. The molecule has 0 spiro atoms. The third-order valence-electron chi connectivity index (χ3n) is 16.1. The van der Waals surface area contributed by atoms with Gasteiger partial charge in [0, 0.05) is 12.8 Å². The zero-order valence-corrected chi connectivity index (χ0v) is 54.1. The Balaban J connectivity index is 3.87. The van der Waals surface area contributed by atoms with Crippen molar-refractivity contribution in [1.29, 1.82) is 0 Å². The summed E-state index contributed by atoms with van der Waals surface area (Å²) < 4.78 is 34.7. The molecular formula is C68H137NO8P+. The molecule has 0 amide bonds. The predicted octanol–water partition coefficient (Wildman–Crippen LogP) is 22.2. The first-order valence-electron chi connectivity index (χ1n) is 34.8. The van der Waals surface area contributed by atoms with Crippen molar-refractivity contribution in [1.82, 2.24) is 0 Å². The third kappa shape index (κ3) is 64.2. The Morgan fingerprint density at radius 2 is 0.577 bits per heavy atom. The number of phosphoric ester groups is 1. The number of phosphoric acid groups is 1. The maximum absolute atomic E-state index is 12.9. The molecule has 0 aromatic carbocycles. The third-order valence-corrected chi connectivity index (χ3v) is 17.1. The maximum Gasteiger partial charge on any atom is 0.472 e. The summed E-state index contributed by atoms with van der Waals surface area (Å²) in [6, 6.07) is 0. The Bertz CT molecular complexity index is 1280. The molecule has 2 atom stereocenters. The second-order valence-electron chi connectivity index (χ2n) is 25.3. The number of carbonyl (C=O) groups excluding carboxylic acids is 2. The lowest BCUT2D eigenvalue weighted by Gasteiger charge is -2.24. The zero-order valence-electron chi connectivity index (χ0n) is 53.2. The fraction of sp³-hybridized carbons (Fsp3) is 0.971. The van der Waals surface area contributed by atoms with Crippen molar-refractivity contribution in [3.05, 3.63) is 0 Å². The normalized spacial score (nSPS) is 13.1. The van der Waals surface area contributed by atoms with E-state index in [1.54, 1.807) is 0 Å². The van der Waals surface area contributed by atoms with E-state index in [0.717, 1.165) is 38.5 Å². The summed E-state index contributed by atoms with van der Waals surface area (Å²) in [5, 5.41) is 0. The fourth-order valence-electron chi connectivity index (χ4n) is 10.8. The van der Waals surface area contributed by atoms with Crippen molar-refractivity contribution in [2.24, 2.45) is 0 Å². The number of nitrogens with zero attached hydrogens (tertiary/aromatic N) is 1. The van der Waals surface area contributed by atoms with Crippen LogP contribution < -0.4 is 0 Å². The monoisotopic (exact) mass is 1130 g/mol. The first-order valence-corrected chi connectivity index (χ1v) is 36.3. The number of esters is 2. The van der Waals surface area contributed by atoms with E-state index in [1.807, 2.05) is 21.1 Å². The number of hydrogen-bond donors (Lipinski definition) is 1. The lowest BCUT2D eigenvalue weighted by Crippen LogP contribution is -2.37. The first-order chi connectivity index (χ1) is 38.0. The number of rotatable bonds is 66. The molecule has 9 nitrogen and oxygen atoms in total. The first kappa shape index (κ1) is 77.0. The molecule has 10 heteroatoms. The van der Waals surface area contributed by atoms with E-state index in [0.29, 0.717) is 17.4 Å². The van der Waals surface area contributed by atoms with Gasteiger partial charge in [-0.3, -0.25) is 18.6 Å². The van der Waals surface area contributed by atoms with Crippen molar-refractivity contribution in [2.75, 3.05) is 47.5 Å². The Hall–Kier alpha value is -0.990. The molecule has 78 heavy (non-hydrogen) atoms. The van der Waals surface area contributed by atoms with E-state index < -0.39 is 26.5 Å². The van der Waals surface area contributed by atoms with Crippen LogP contribution in [0.2, 0.25) is 0 Å².